The molecule has 0 radical (unpaired) electrons. The minimum Gasteiger partial charge on any atom is -0.355 e. The number of rotatable bonds is 5. The molecule has 0 heterocycles. The number of nitrogens with one attached hydrogen (secondary N) is 2. The molecule has 0 atom stereocenters. The van der Waals surface area contributed by atoms with Crippen molar-refractivity contribution in [2.24, 2.45) is 0 Å². The van der Waals surface area contributed by atoms with E-state index in [1.54, 1.807) is 12.1 Å². The van der Waals surface area contributed by atoms with E-state index >= 15 is 0 Å². The van der Waals surface area contributed by atoms with Crippen LogP contribution in [0, 0.1) is 10.1 Å². The average molecular weight is 333 g/mol. The number of para-hydroxylation sites is 1. The summed E-state index contributed by atoms with van der Waals surface area (Å²) in [4.78, 5) is 22.6. The molecule has 0 aliphatic carbocycles. The summed E-state index contributed by atoms with van der Waals surface area (Å²) in [7, 11) is 0. The van der Waals surface area contributed by atoms with Gasteiger partial charge in [-0.2, -0.15) is 0 Å². The number of non-ortho nitro benzene ring substituents is 1. The summed E-state index contributed by atoms with van der Waals surface area (Å²) in [5.74, 6) is -0.402. The predicted octanol–water partition coefficient (Wildman–Crippen LogP) is 4.59. The molecule has 0 aromatic heterocycles. The zero-order valence-electron chi connectivity index (χ0n) is 13.2. The minimum absolute atomic E-state index is 0.118. The van der Waals surface area contributed by atoms with Crippen molar-refractivity contribution >= 4 is 28.7 Å². The molecule has 3 aromatic rings. The Morgan fingerprint density at radius 2 is 1.48 bits per heavy atom. The van der Waals surface area contributed by atoms with E-state index in [4.69, 9.17) is 0 Å². The maximum absolute atomic E-state index is 12.3. The first-order chi connectivity index (χ1) is 12.1. The van der Waals surface area contributed by atoms with Gasteiger partial charge in [-0.3, -0.25) is 14.9 Å². The normalized spacial score (nSPS) is 10.1. The molecule has 1 amide bonds. The van der Waals surface area contributed by atoms with E-state index in [-0.39, 0.29) is 11.3 Å². The van der Waals surface area contributed by atoms with Gasteiger partial charge in [0.2, 0.25) is 0 Å². The van der Waals surface area contributed by atoms with Gasteiger partial charge in [0.05, 0.1) is 4.92 Å². The number of benzene rings is 3. The van der Waals surface area contributed by atoms with Crippen molar-refractivity contribution in [1.29, 1.82) is 0 Å². The SMILES string of the molecule is O=C(Nc1cccc(Nc2ccccc2)c1)c1cccc([N+](=O)[O-])c1. The van der Waals surface area contributed by atoms with Crippen LogP contribution in [-0.4, -0.2) is 10.8 Å². The largest absolute Gasteiger partial charge is 0.355 e. The van der Waals surface area contributed by atoms with E-state index < -0.39 is 10.8 Å². The van der Waals surface area contributed by atoms with Crippen LogP contribution < -0.4 is 10.6 Å². The maximum atomic E-state index is 12.3. The first-order valence-corrected chi connectivity index (χ1v) is 7.60. The molecule has 6 heteroatoms. The van der Waals surface area contributed by atoms with Crippen LogP contribution in [0.25, 0.3) is 0 Å². The number of nitro groups is 1. The highest BCUT2D eigenvalue weighted by molar-refractivity contribution is 6.04. The van der Waals surface area contributed by atoms with Crippen molar-refractivity contribution in [2.45, 2.75) is 0 Å². The first-order valence-electron chi connectivity index (χ1n) is 7.60. The molecule has 124 valence electrons. The lowest BCUT2D eigenvalue weighted by Gasteiger charge is -2.09. The second-order valence-corrected chi connectivity index (χ2v) is 5.33. The Morgan fingerprint density at radius 3 is 2.24 bits per heavy atom. The second kappa shape index (κ2) is 7.27. The number of carbonyl (C=O) groups is 1. The quantitative estimate of drug-likeness (QED) is 0.528. The van der Waals surface area contributed by atoms with Gasteiger partial charge in [-0.15, -0.1) is 0 Å². The highest BCUT2D eigenvalue weighted by Crippen LogP contribution is 2.21. The number of hydrogen-bond acceptors (Lipinski definition) is 4. The fourth-order valence-electron chi connectivity index (χ4n) is 2.33. The van der Waals surface area contributed by atoms with Gasteiger partial charge in [-0.05, 0) is 36.4 Å². The lowest BCUT2D eigenvalue weighted by molar-refractivity contribution is -0.384. The Kier molecular flexibility index (Phi) is 4.71. The van der Waals surface area contributed by atoms with Gasteiger partial charge in [-0.1, -0.05) is 30.3 Å². The first kappa shape index (κ1) is 16.2. The minimum atomic E-state index is -0.527. The number of amides is 1. The molecule has 0 fully saturated rings. The van der Waals surface area contributed by atoms with Gasteiger partial charge in [0.1, 0.15) is 0 Å². The van der Waals surface area contributed by atoms with Crippen LogP contribution in [0.1, 0.15) is 10.4 Å². The average Bonchev–Trinajstić information content (AvgIpc) is 2.63. The van der Waals surface area contributed by atoms with E-state index in [2.05, 4.69) is 10.6 Å². The van der Waals surface area contributed by atoms with E-state index in [1.165, 1.54) is 24.3 Å². The third-order valence-corrected chi connectivity index (χ3v) is 3.50. The topological polar surface area (TPSA) is 84.3 Å². The standard InChI is InChI=1S/C19H15N3O3/c23-19(14-6-4-11-18(12-14)22(24)25)21-17-10-5-9-16(13-17)20-15-7-2-1-3-8-15/h1-13,20H,(H,21,23). The molecule has 3 rings (SSSR count). The lowest BCUT2D eigenvalue weighted by atomic mass is 10.2. The van der Waals surface area contributed by atoms with E-state index in [9.17, 15) is 14.9 Å². The Morgan fingerprint density at radius 1 is 0.800 bits per heavy atom. The van der Waals surface area contributed by atoms with E-state index in [0.29, 0.717) is 5.69 Å². The molecule has 2 N–H and O–H groups in total. The highest BCUT2D eigenvalue weighted by Gasteiger charge is 2.11. The van der Waals surface area contributed by atoms with Crippen LogP contribution in [-0.2, 0) is 0 Å². The van der Waals surface area contributed by atoms with Gasteiger partial charge in [0.15, 0.2) is 0 Å². The molecule has 0 unspecified atom stereocenters. The van der Waals surface area contributed by atoms with Gasteiger partial charge in [-0.25, -0.2) is 0 Å². The molecule has 25 heavy (non-hydrogen) atoms. The molecule has 0 saturated carbocycles. The molecule has 6 nitrogen and oxygen atoms in total. The summed E-state index contributed by atoms with van der Waals surface area (Å²) in [5, 5.41) is 16.8. The third kappa shape index (κ3) is 4.20. The van der Waals surface area contributed by atoms with Crippen LogP contribution in [0.2, 0.25) is 0 Å². The zero-order chi connectivity index (χ0) is 17.6. The van der Waals surface area contributed by atoms with Crippen molar-refractivity contribution < 1.29 is 9.72 Å². The monoisotopic (exact) mass is 333 g/mol. The fourth-order valence-corrected chi connectivity index (χ4v) is 2.33. The number of carbonyl (C=O) groups excluding carboxylic acids is 1. The van der Waals surface area contributed by atoms with Crippen LogP contribution in [0.3, 0.4) is 0 Å². The van der Waals surface area contributed by atoms with Crippen LogP contribution >= 0.6 is 0 Å². The second-order valence-electron chi connectivity index (χ2n) is 5.33. The summed E-state index contributed by atoms with van der Waals surface area (Å²) >= 11 is 0. The summed E-state index contributed by atoms with van der Waals surface area (Å²) < 4.78 is 0. The maximum Gasteiger partial charge on any atom is 0.270 e. The summed E-state index contributed by atoms with van der Waals surface area (Å²) in [5.41, 5.74) is 2.47. The predicted molar refractivity (Wildman–Crippen MR) is 97.2 cm³/mol. The Bertz CT molecular complexity index is 911. The summed E-state index contributed by atoms with van der Waals surface area (Å²) in [6, 6.07) is 22.5. The Labute approximate surface area is 144 Å². The summed E-state index contributed by atoms with van der Waals surface area (Å²) in [6.07, 6.45) is 0. The number of anilines is 3. The molecule has 0 aliphatic heterocycles. The van der Waals surface area contributed by atoms with Gasteiger partial charge in [0.25, 0.3) is 11.6 Å². The van der Waals surface area contributed by atoms with Crippen molar-refractivity contribution in [2.75, 3.05) is 10.6 Å². The van der Waals surface area contributed by atoms with Crippen molar-refractivity contribution in [3.63, 3.8) is 0 Å². The van der Waals surface area contributed by atoms with Crippen molar-refractivity contribution in [3.05, 3.63) is 94.5 Å². The van der Waals surface area contributed by atoms with Gasteiger partial charge >= 0.3 is 0 Å². The molecule has 3 aromatic carbocycles. The molecule has 0 saturated heterocycles. The van der Waals surface area contributed by atoms with Crippen molar-refractivity contribution in [1.82, 2.24) is 0 Å². The van der Waals surface area contributed by atoms with Gasteiger partial charge < -0.3 is 10.6 Å². The zero-order valence-corrected chi connectivity index (χ0v) is 13.2. The van der Waals surface area contributed by atoms with E-state index in [1.807, 2.05) is 42.5 Å². The Hall–Kier alpha value is -3.67. The number of nitro benzene ring substituents is 1. The van der Waals surface area contributed by atoms with Crippen LogP contribution in [0.5, 0.6) is 0 Å². The highest BCUT2D eigenvalue weighted by atomic mass is 16.6. The van der Waals surface area contributed by atoms with E-state index in [0.717, 1.165) is 11.4 Å². The van der Waals surface area contributed by atoms with Crippen LogP contribution in [0.4, 0.5) is 22.7 Å². The molecular formula is C19H15N3O3. The van der Waals surface area contributed by atoms with Crippen molar-refractivity contribution in [3.8, 4) is 0 Å². The number of hydrogen-bond donors (Lipinski definition) is 2. The Balaban J connectivity index is 1.74. The van der Waals surface area contributed by atoms with Gasteiger partial charge in [0, 0.05) is 34.8 Å². The fraction of sp³-hybridized carbons (Fsp3) is 0. The molecular weight excluding hydrogens is 318 g/mol. The smallest absolute Gasteiger partial charge is 0.270 e. The summed E-state index contributed by atoms with van der Waals surface area (Å²) in [6.45, 7) is 0. The molecule has 0 bridgehead atoms. The third-order valence-electron chi connectivity index (χ3n) is 3.50. The molecule has 0 spiro atoms. The number of nitrogens with zero attached hydrogens (tertiary/aromatic N) is 1. The lowest BCUT2D eigenvalue weighted by Crippen LogP contribution is -2.12. The van der Waals surface area contributed by atoms with Crippen LogP contribution in [0.15, 0.2) is 78.9 Å². The molecule has 0 aliphatic rings.